The minimum Gasteiger partial charge on any atom is -0.297 e. The molecule has 0 spiro atoms. The first-order valence-corrected chi connectivity index (χ1v) is 9.40. The normalized spacial score (nSPS) is 19.3. The van der Waals surface area contributed by atoms with Gasteiger partial charge in [0.1, 0.15) is 5.82 Å². The van der Waals surface area contributed by atoms with Crippen LogP contribution in [0.3, 0.4) is 0 Å². The van der Waals surface area contributed by atoms with Gasteiger partial charge < -0.3 is 0 Å². The van der Waals surface area contributed by atoms with Crippen molar-refractivity contribution in [3.8, 4) is 0 Å². The molecule has 1 aliphatic heterocycles. The number of piperidine rings is 1. The van der Waals surface area contributed by atoms with E-state index in [4.69, 9.17) is 11.6 Å². The fraction of sp³-hybridized carbons (Fsp3) is 0.533. The van der Waals surface area contributed by atoms with Gasteiger partial charge in [0.15, 0.2) is 10.1 Å². The maximum atomic E-state index is 11.8. The Labute approximate surface area is 147 Å². The maximum Gasteiger partial charge on any atom is 0.343 e. The van der Waals surface area contributed by atoms with Crippen molar-refractivity contribution in [3.05, 3.63) is 38.7 Å². The van der Waals surface area contributed by atoms with Gasteiger partial charge in [-0.25, -0.2) is 14.9 Å². The fourth-order valence-corrected chi connectivity index (χ4v) is 4.53. The molecule has 0 saturated carbocycles. The molecule has 1 aliphatic rings. The number of fused-ring (bicyclic) bond motifs is 1. The Morgan fingerprint density at radius 3 is 3.21 bits per heavy atom. The number of H-pyrrole nitrogens is 1. The molecule has 1 saturated heterocycles. The quantitative estimate of drug-likeness (QED) is 0.769. The summed E-state index contributed by atoms with van der Waals surface area (Å²) in [5, 5.41) is 9.44. The van der Waals surface area contributed by atoms with Crippen molar-refractivity contribution >= 4 is 27.9 Å². The van der Waals surface area contributed by atoms with Gasteiger partial charge in [0.2, 0.25) is 0 Å². The number of halogens is 1. The Bertz CT molecular complexity index is 909. The molecule has 24 heavy (non-hydrogen) atoms. The number of likely N-dealkylation sites (tertiary alicyclic amines) is 1. The van der Waals surface area contributed by atoms with Crippen molar-refractivity contribution in [1.82, 2.24) is 29.0 Å². The van der Waals surface area contributed by atoms with Crippen LogP contribution in [0.2, 0.25) is 5.15 Å². The van der Waals surface area contributed by atoms with Gasteiger partial charge in [-0.1, -0.05) is 11.6 Å². The molecule has 0 bridgehead atoms. The number of thiazole rings is 1. The number of hydrogen-bond donors (Lipinski definition) is 1. The van der Waals surface area contributed by atoms with Gasteiger partial charge in [0, 0.05) is 37.1 Å². The number of hydrogen-bond acceptors (Lipinski definition) is 5. The summed E-state index contributed by atoms with van der Waals surface area (Å²) in [6.07, 6.45) is 4.14. The second-order valence-electron chi connectivity index (χ2n) is 6.11. The second-order valence-corrected chi connectivity index (χ2v) is 7.34. The highest BCUT2D eigenvalue weighted by Crippen LogP contribution is 2.28. The number of aromatic amines is 1. The highest BCUT2D eigenvalue weighted by Gasteiger charge is 2.27. The van der Waals surface area contributed by atoms with Gasteiger partial charge >= 0.3 is 5.69 Å². The first-order valence-electron chi connectivity index (χ1n) is 8.14. The summed E-state index contributed by atoms with van der Waals surface area (Å²) in [4.78, 5) is 19.5. The Morgan fingerprint density at radius 2 is 2.38 bits per heavy atom. The molecule has 9 heteroatoms. The molecule has 0 aromatic carbocycles. The smallest absolute Gasteiger partial charge is 0.297 e. The fourth-order valence-electron chi connectivity index (χ4n) is 3.52. The molecule has 0 amide bonds. The van der Waals surface area contributed by atoms with Gasteiger partial charge in [-0.15, -0.1) is 11.3 Å². The second kappa shape index (κ2) is 6.34. The van der Waals surface area contributed by atoms with Gasteiger partial charge in [0.05, 0.1) is 5.69 Å². The average molecular weight is 367 g/mol. The molecule has 1 atom stereocenters. The molecule has 7 nitrogen and oxygen atoms in total. The van der Waals surface area contributed by atoms with Crippen LogP contribution in [0.5, 0.6) is 0 Å². The largest absolute Gasteiger partial charge is 0.343 e. The summed E-state index contributed by atoms with van der Waals surface area (Å²) in [6, 6.07) is 0. The molecule has 1 N–H and O–H groups in total. The Morgan fingerprint density at radius 1 is 1.50 bits per heavy atom. The summed E-state index contributed by atoms with van der Waals surface area (Å²) in [6.45, 7) is 5.27. The number of aromatic nitrogens is 5. The predicted molar refractivity (Wildman–Crippen MR) is 93.9 cm³/mol. The van der Waals surface area contributed by atoms with E-state index in [1.54, 1.807) is 15.9 Å². The third-order valence-corrected chi connectivity index (χ3v) is 5.72. The Balaban J connectivity index is 1.56. The van der Waals surface area contributed by atoms with Crippen LogP contribution >= 0.6 is 22.9 Å². The zero-order valence-corrected chi connectivity index (χ0v) is 15.0. The topological polar surface area (TPSA) is 71.2 Å². The zero-order valence-electron chi connectivity index (χ0n) is 13.4. The minimum atomic E-state index is -0.122. The van der Waals surface area contributed by atoms with E-state index in [0.29, 0.717) is 11.7 Å². The van der Waals surface area contributed by atoms with Crippen LogP contribution in [0.1, 0.15) is 37.2 Å². The lowest BCUT2D eigenvalue weighted by Crippen LogP contribution is -2.35. The van der Waals surface area contributed by atoms with E-state index in [1.165, 1.54) is 0 Å². The lowest BCUT2D eigenvalue weighted by atomic mass is 9.97. The standard InChI is InChI=1S/C15H19ClN6OS/c1-2-21-13(18-19-14(21)23)10-4-3-5-20(8-10)9-11-12(16)17-15-22(11)6-7-24-15/h6-7,10H,2-5,8-9H2,1H3,(H,19,23)/t10-/m1/s1. The van der Waals surface area contributed by atoms with Crippen LogP contribution in [0.4, 0.5) is 0 Å². The molecular weight excluding hydrogens is 348 g/mol. The number of imidazole rings is 1. The number of nitrogens with zero attached hydrogens (tertiary/aromatic N) is 5. The molecular formula is C15H19ClN6OS. The number of rotatable bonds is 4. The van der Waals surface area contributed by atoms with Crippen LogP contribution in [-0.4, -0.2) is 42.1 Å². The summed E-state index contributed by atoms with van der Waals surface area (Å²) < 4.78 is 3.80. The van der Waals surface area contributed by atoms with Crippen molar-refractivity contribution in [2.45, 2.75) is 38.8 Å². The molecule has 0 aliphatic carbocycles. The third-order valence-electron chi connectivity index (χ3n) is 4.66. The highest BCUT2D eigenvalue weighted by molar-refractivity contribution is 7.15. The van der Waals surface area contributed by atoms with E-state index >= 15 is 0 Å². The first-order chi connectivity index (χ1) is 11.7. The van der Waals surface area contributed by atoms with Gasteiger partial charge in [0.25, 0.3) is 0 Å². The summed E-state index contributed by atoms with van der Waals surface area (Å²) in [7, 11) is 0. The molecule has 1 fully saturated rings. The SMILES string of the molecule is CCn1c([C@@H]2CCCN(Cc3c(Cl)nc4sccn34)C2)n[nH]c1=O. The van der Waals surface area contributed by atoms with Crippen molar-refractivity contribution in [3.63, 3.8) is 0 Å². The first kappa shape index (κ1) is 15.9. The summed E-state index contributed by atoms with van der Waals surface area (Å²) >= 11 is 7.90. The Hall–Kier alpha value is -1.64. The van der Waals surface area contributed by atoms with Gasteiger partial charge in [-0.2, -0.15) is 5.10 Å². The lowest BCUT2D eigenvalue weighted by molar-refractivity contribution is 0.192. The molecule has 4 rings (SSSR count). The summed E-state index contributed by atoms with van der Waals surface area (Å²) in [5.41, 5.74) is 0.909. The lowest BCUT2D eigenvalue weighted by Gasteiger charge is -2.32. The maximum absolute atomic E-state index is 11.8. The van der Waals surface area contributed by atoms with Crippen molar-refractivity contribution in [1.29, 1.82) is 0 Å². The van der Waals surface area contributed by atoms with Crippen LogP contribution in [0.15, 0.2) is 16.4 Å². The van der Waals surface area contributed by atoms with E-state index < -0.39 is 0 Å². The van der Waals surface area contributed by atoms with Crippen molar-refractivity contribution < 1.29 is 0 Å². The van der Waals surface area contributed by atoms with E-state index in [1.807, 2.05) is 18.5 Å². The van der Waals surface area contributed by atoms with Crippen LogP contribution < -0.4 is 5.69 Å². The van der Waals surface area contributed by atoms with Crippen LogP contribution in [-0.2, 0) is 13.1 Å². The molecule has 128 valence electrons. The average Bonchev–Trinajstić information content (AvgIpc) is 3.25. The van der Waals surface area contributed by atoms with E-state index in [9.17, 15) is 4.79 Å². The Kier molecular flexibility index (Phi) is 4.19. The minimum absolute atomic E-state index is 0.122. The third kappa shape index (κ3) is 2.68. The number of nitrogens with one attached hydrogen (secondary N) is 1. The highest BCUT2D eigenvalue weighted by atomic mass is 35.5. The van der Waals surface area contributed by atoms with Gasteiger partial charge in [-0.3, -0.25) is 13.9 Å². The van der Waals surface area contributed by atoms with Crippen molar-refractivity contribution in [2.24, 2.45) is 0 Å². The van der Waals surface area contributed by atoms with Crippen LogP contribution in [0, 0.1) is 0 Å². The van der Waals surface area contributed by atoms with Crippen molar-refractivity contribution in [2.75, 3.05) is 13.1 Å². The molecule has 4 heterocycles. The van der Waals surface area contributed by atoms with Crippen LogP contribution in [0.25, 0.3) is 4.96 Å². The molecule has 3 aromatic rings. The van der Waals surface area contributed by atoms with E-state index in [2.05, 4.69) is 24.5 Å². The van der Waals surface area contributed by atoms with E-state index in [0.717, 1.165) is 49.0 Å². The molecule has 0 radical (unpaired) electrons. The van der Waals surface area contributed by atoms with E-state index in [-0.39, 0.29) is 11.6 Å². The molecule has 3 aromatic heterocycles. The zero-order chi connectivity index (χ0) is 16.7. The summed E-state index contributed by atoms with van der Waals surface area (Å²) in [5.74, 6) is 1.13. The van der Waals surface area contributed by atoms with Gasteiger partial charge in [-0.05, 0) is 26.3 Å². The monoisotopic (exact) mass is 366 g/mol. The molecule has 0 unspecified atom stereocenters. The predicted octanol–water partition coefficient (Wildman–Crippen LogP) is 2.33.